The average Bonchev–Trinajstić information content (AvgIpc) is 3.34. The summed E-state index contributed by atoms with van der Waals surface area (Å²) in [6, 6.07) is 7.24. The molecule has 0 aliphatic carbocycles. The average molecular weight is 587 g/mol. The van der Waals surface area contributed by atoms with Gasteiger partial charge in [-0.05, 0) is 30.5 Å². The number of carboxylic acids is 2. The van der Waals surface area contributed by atoms with Crippen molar-refractivity contribution < 1.29 is 55.3 Å². The number of rotatable bonds is 5. The summed E-state index contributed by atoms with van der Waals surface area (Å²) in [6.45, 7) is 7.34. The first-order valence-electron chi connectivity index (χ1n) is 11.9. The van der Waals surface area contributed by atoms with Crippen LogP contribution in [0.3, 0.4) is 0 Å². The van der Waals surface area contributed by atoms with Crippen molar-refractivity contribution in [1.82, 2.24) is 24.8 Å². The molecule has 0 spiro atoms. The summed E-state index contributed by atoms with van der Waals surface area (Å²) in [4.78, 5) is 22.6. The van der Waals surface area contributed by atoms with E-state index in [0.717, 1.165) is 71.0 Å². The summed E-state index contributed by atoms with van der Waals surface area (Å²) >= 11 is 0. The van der Waals surface area contributed by atoms with Crippen LogP contribution in [0.5, 0.6) is 0 Å². The highest BCUT2D eigenvalue weighted by molar-refractivity contribution is 5.73. The van der Waals surface area contributed by atoms with Gasteiger partial charge in [0.1, 0.15) is 5.82 Å². The number of carboxylic acid groups (broad SMARTS) is 2. The van der Waals surface area contributed by atoms with Crippen LogP contribution in [0.2, 0.25) is 0 Å². The number of ether oxygens (including phenoxy) is 1. The first-order valence-corrected chi connectivity index (χ1v) is 11.9. The molecule has 0 bridgehead atoms. The van der Waals surface area contributed by atoms with Crippen LogP contribution in [0.4, 0.5) is 30.7 Å². The zero-order chi connectivity index (χ0) is 29.9. The zero-order valence-electron chi connectivity index (χ0n) is 21.0. The number of alkyl halides is 6. The Labute approximate surface area is 223 Å². The molecule has 2 saturated heterocycles. The van der Waals surface area contributed by atoms with E-state index in [1.807, 2.05) is 16.8 Å². The van der Waals surface area contributed by atoms with Gasteiger partial charge in [0, 0.05) is 39.3 Å². The lowest BCUT2D eigenvalue weighted by atomic mass is 10.0. The summed E-state index contributed by atoms with van der Waals surface area (Å²) in [5, 5.41) is 23.0. The van der Waals surface area contributed by atoms with Crippen molar-refractivity contribution in [3.63, 3.8) is 0 Å². The maximum absolute atomic E-state index is 13.0. The van der Waals surface area contributed by atoms with E-state index in [2.05, 4.69) is 26.3 Å². The Kier molecular flexibility index (Phi) is 12.3. The van der Waals surface area contributed by atoms with Crippen LogP contribution < -0.4 is 0 Å². The third-order valence-electron chi connectivity index (χ3n) is 5.78. The van der Waals surface area contributed by atoms with Crippen LogP contribution in [-0.2, 0) is 27.4 Å². The third kappa shape index (κ3) is 11.8. The third-order valence-corrected chi connectivity index (χ3v) is 5.78. The van der Waals surface area contributed by atoms with E-state index in [-0.39, 0.29) is 5.82 Å². The Morgan fingerprint density at radius 3 is 1.80 bits per heavy atom. The molecule has 10 nitrogen and oxygen atoms in total. The Balaban J connectivity index is 0.000000333. The van der Waals surface area contributed by atoms with Gasteiger partial charge in [-0.3, -0.25) is 9.80 Å². The number of aliphatic carboxylic acids is 2. The fourth-order valence-corrected chi connectivity index (χ4v) is 3.74. The summed E-state index contributed by atoms with van der Waals surface area (Å²) in [5.74, 6) is -5.69. The van der Waals surface area contributed by atoms with Gasteiger partial charge in [0.05, 0.1) is 31.1 Å². The highest BCUT2D eigenvalue weighted by atomic mass is 19.4. The number of morpholine rings is 1. The Hall–Kier alpha value is -3.31. The van der Waals surface area contributed by atoms with E-state index >= 15 is 0 Å². The fraction of sp³-hybridized carbons (Fsp3) is 0.565. The van der Waals surface area contributed by atoms with Gasteiger partial charge in [0.15, 0.2) is 0 Å². The molecule has 2 N–H and O–H groups in total. The molecule has 0 atom stereocenters. The van der Waals surface area contributed by atoms with Crippen LogP contribution in [0.25, 0.3) is 0 Å². The van der Waals surface area contributed by atoms with Gasteiger partial charge >= 0.3 is 24.3 Å². The predicted molar refractivity (Wildman–Crippen MR) is 123 cm³/mol. The molecule has 4 rings (SSSR count). The monoisotopic (exact) mass is 587 g/mol. The van der Waals surface area contributed by atoms with Gasteiger partial charge in [-0.15, -0.1) is 5.10 Å². The topological polar surface area (TPSA) is 121 Å². The van der Waals surface area contributed by atoms with E-state index in [4.69, 9.17) is 24.5 Å². The van der Waals surface area contributed by atoms with Crippen LogP contribution in [0, 0.1) is 5.82 Å². The maximum atomic E-state index is 13.0. The number of piperidine rings is 1. The molecule has 0 amide bonds. The fourth-order valence-electron chi connectivity index (χ4n) is 3.74. The van der Waals surface area contributed by atoms with Crippen LogP contribution >= 0.6 is 0 Å². The molecule has 2 aliphatic heterocycles. The number of halogens is 7. The standard InChI is InChI=1S/C19H26FN5O.2C2HF3O2/c20-17-3-1-16(2-4-17)13-23-7-5-19(6-8-23)25-15-18(21-22-25)14-24-9-11-26-12-10-24;2*3-2(4,5)1(6)7/h1-4,15,19H,5-14H2;2*(H,6,7). The molecule has 2 aliphatic rings. The first-order chi connectivity index (χ1) is 18.6. The minimum Gasteiger partial charge on any atom is -0.475 e. The van der Waals surface area contributed by atoms with Crippen molar-refractivity contribution in [2.75, 3.05) is 39.4 Å². The van der Waals surface area contributed by atoms with Gasteiger partial charge in [-0.1, -0.05) is 17.3 Å². The molecule has 0 saturated carbocycles. The number of hydrogen-bond acceptors (Lipinski definition) is 7. The molecule has 1 aromatic heterocycles. The lowest BCUT2D eigenvalue weighted by Crippen LogP contribution is -2.35. The molecule has 0 unspecified atom stereocenters. The highest BCUT2D eigenvalue weighted by Gasteiger charge is 2.38. The van der Waals surface area contributed by atoms with Gasteiger partial charge in [-0.25, -0.2) is 18.7 Å². The van der Waals surface area contributed by atoms with Gasteiger partial charge < -0.3 is 14.9 Å². The molecule has 40 heavy (non-hydrogen) atoms. The molecule has 2 fully saturated rings. The maximum Gasteiger partial charge on any atom is 0.490 e. The molecule has 3 heterocycles. The lowest BCUT2D eigenvalue weighted by molar-refractivity contribution is -0.193. The number of hydrogen-bond donors (Lipinski definition) is 2. The molecule has 224 valence electrons. The minimum atomic E-state index is -5.08. The summed E-state index contributed by atoms with van der Waals surface area (Å²) < 4.78 is 83.9. The Morgan fingerprint density at radius 1 is 0.850 bits per heavy atom. The van der Waals surface area contributed by atoms with Crippen molar-refractivity contribution in [2.24, 2.45) is 0 Å². The van der Waals surface area contributed by atoms with Gasteiger partial charge in [0.2, 0.25) is 0 Å². The lowest BCUT2D eigenvalue weighted by Gasteiger charge is -2.31. The van der Waals surface area contributed by atoms with Crippen molar-refractivity contribution in [2.45, 2.75) is 44.3 Å². The van der Waals surface area contributed by atoms with E-state index in [9.17, 15) is 30.7 Å². The van der Waals surface area contributed by atoms with E-state index < -0.39 is 24.3 Å². The summed E-state index contributed by atoms with van der Waals surface area (Å²) in [6.07, 6.45) is -5.92. The number of nitrogens with zero attached hydrogens (tertiary/aromatic N) is 5. The zero-order valence-corrected chi connectivity index (χ0v) is 21.0. The second-order valence-electron chi connectivity index (χ2n) is 8.82. The first kappa shape index (κ1) is 32.9. The highest BCUT2D eigenvalue weighted by Crippen LogP contribution is 2.23. The van der Waals surface area contributed by atoms with E-state index in [1.54, 1.807) is 0 Å². The molecular formula is C23H28F7N5O5. The number of likely N-dealkylation sites (tertiary alicyclic amines) is 1. The number of carbonyl (C=O) groups is 2. The largest absolute Gasteiger partial charge is 0.490 e. The molecule has 0 radical (unpaired) electrons. The van der Waals surface area contributed by atoms with Crippen molar-refractivity contribution in [3.05, 3.63) is 47.5 Å². The predicted octanol–water partition coefficient (Wildman–Crippen LogP) is 3.35. The van der Waals surface area contributed by atoms with Crippen LogP contribution in [-0.4, -0.2) is 98.7 Å². The van der Waals surface area contributed by atoms with Gasteiger partial charge in [-0.2, -0.15) is 26.3 Å². The molecule has 17 heteroatoms. The van der Waals surface area contributed by atoms with Crippen LogP contribution in [0.15, 0.2) is 30.5 Å². The van der Waals surface area contributed by atoms with Crippen molar-refractivity contribution >= 4 is 11.9 Å². The summed E-state index contributed by atoms with van der Waals surface area (Å²) in [7, 11) is 0. The Bertz CT molecular complexity index is 1040. The Morgan fingerprint density at radius 2 is 1.32 bits per heavy atom. The molecular weight excluding hydrogens is 559 g/mol. The SMILES string of the molecule is Fc1ccc(CN2CCC(n3cc(CN4CCOCC4)nn3)CC2)cc1.O=C(O)C(F)(F)F.O=C(O)C(F)(F)F. The van der Waals surface area contributed by atoms with Crippen molar-refractivity contribution in [1.29, 1.82) is 0 Å². The van der Waals surface area contributed by atoms with Crippen molar-refractivity contribution in [3.8, 4) is 0 Å². The van der Waals surface area contributed by atoms with Crippen LogP contribution in [0.1, 0.15) is 30.1 Å². The molecule has 2 aromatic rings. The van der Waals surface area contributed by atoms with Gasteiger partial charge in [0.25, 0.3) is 0 Å². The normalized spacial score (nSPS) is 17.3. The smallest absolute Gasteiger partial charge is 0.475 e. The second-order valence-corrected chi connectivity index (χ2v) is 8.82. The van der Waals surface area contributed by atoms with E-state index in [0.29, 0.717) is 6.04 Å². The minimum absolute atomic E-state index is 0.175. The quantitative estimate of drug-likeness (QED) is 0.508. The summed E-state index contributed by atoms with van der Waals surface area (Å²) in [5.41, 5.74) is 2.21. The molecule has 1 aromatic carbocycles. The van der Waals surface area contributed by atoms with E-state index in [1.165, 1.54) is 17.7 Å². The second kappa shape index (κ2) is 14.9. The number of aromatic nitrogens is 3. The number of benzene rings is 1.